The zero-order valence-electron chi connectivity index (χ0n) is 12.1. The molecule has 2 heterocycles. The molecule has 1 aromatic carbocycles. The number of hydrogen-bond acceptors (Lipinski definition) is 5. The molecule has 1 aliphatic rings. The standard InChI is InChI=1S/C16H19NO3S/c1-2-17-10-12-3-4-13(20-12)11-21-14-5-6-15-16(9-14)19-8-7-18-15/h3-6,9,17H,2,7-8,10-11H2,1H3. The van der Waals surface area contributed by atoms with Gasteiger partial charge in [0.25, 0.3) is 0 Å². The molecule has 2 aromatic rings. The van der Waals surface area contributed by atoms with Gasteiger partial charge in [0.05, 0.1) is 12.3 Å². The molecule has 0 unspecified atom stereocenters. The Morgan fingerprint density at radius 2 is 1.86 bits per heavy atom. The van der Waals surface area contributed by atoms with Gasteiger partial charge in [0.2, 0.25) is 0 Å². The summed E-state index contributed by atoms with van der Waals surface area (Å²) in [6, 6.07) is 10.1. The Hall–Kier alpha value is -1.59. The maximum Gasteiger partial charge on any atom is 0.162 e. The normalized spacial score (nSPS) is 13.4. The highest BCUT2D eigenvalue weighted by Gasteiger charge is 2.12. The summed E-state index contributed by atoms with van der Waals surface area (Å²) >= 11 is 1.73. The lowest BCUT2D eigenvalue weighted by Gasteiger charge is -2.18. The number of hydrogen-bond donors (Lipinski definition) is 1. The van der Waals surface area contributed by atoms with E-state index in [1.165, 1.54) is 0 Å². The third-order valence-electron chi connectivity index (χ3n) is 3.16. The Kier molecular flexibility index (Phi) is 4.72. The predicted octanol–water partition coefficient (Wildman–Crippen LogP) is 3.45. The van der Waals surface area contributed by atoms with Crippen LogP contribution in [0.2, 0.25) is 0 Å². The second kappa shape index (κ2) is 6.91. The summed E-state index contributed by atoms with van der Waals surface area (Å²) in [7, 11) is 0. The van der Waals surface area contributed by atoms with Crippen LogP contribution in [-0.4, -0.2) is 19.8 Å². The number of benzene rings is 1. The minimum Gasteiger partial charge on any atom is -0.486 e. The molecule has 1 N–H and O–H groups in total. The highest BCUT2D eigenvalue weighted by atomic mass is 32.2. The summed E-state index contributed by atoms with van der Waals surface area (Å²) in [5, 5.41) is 3.25. The van der Waals surface area contributed by atoms with E-state index in [-0.39, 0.29) is 0 Å². The second-order valence-corrected chi connectivity index (χ2v) is 5.79. The fourth-order valence-electron chi connectivity index (χ4n) is 2.11. The second-order valence-electron chi connectivity index (χ2n) is 4.74. The van der Waals surface area contributed by atoms with Crippen molar-refractivity contribution in [1.29, 1.82) is 0 Å². The van der Waals surface area contributed by atoms with Crippen molar-refractivity contribution in [2.45, 2.75) is 24.1 Å². The van der Waals surface area contributed by atoms with E-state index in [1.807, 2.05) is 24.3 Å². The van der Waals surface area contributed by atoms with Gasteiger partial charge in [-0.2, -0.15) is 0 Å². The molecule has 0 radical (unpaired) electrons. The lowest BCUT2D eigenvalue weighted by atomic mass is 10.3. The number of thioether (sulfide) groups is 1. The molecule has 112 valence electrons. The minimum atomic E-state index is 0.618. The zero-order valence-corrected chi connectivity index (χ0v) is 12.9. The third-order valence-corrected chi connectivity index (χ3v) is 4.18. The van der Waals surface area contributed by atoms with Gasteiger partial charge in [-0.1, -0.05) is 6.92 Å². The Labute approximate surface area is 128 Å². The molecular weight excluding hydrogens is 286 g/mol. The van der Waals surface area contributed by atoms with Crippen LogP contribution in [-0.2, 0) is 12.3 Å². The van der Waals surface area contributed by atoms with Crippen molar-refractivity contribution in [1.82, 2.24) is 5.32 Å². The molecule has 4 nitrogen and oxygen atoms in total. The summed E-state index contributed by atoms with van der Waals surface area (Å²) in [4.78, 5) is 1.16. The minimum absolute atomic E-state index is 0.618. The summed E-state index contributed by atoms with van der Waals surface area (Å²) < 4.78 is 16.9. The predicted molar refractivity (Wildman–Crippen MR) is 83.1 cm³/mol. The molecule has 1 aromatic heterocycles. The van der Waals surface area contributed by atoms with Gasteiger partial charge in [-0.3, -0.25) is 0 Å². The maximum atomic E-state index is 5.78. The summed E-state index contributed by atoms with van der Waals surface area (Å²) in [5.41, 5.74) is 0. The first-order chi connectivity index (χ1) is 10.3. The Morgan fingerprint density at radius 3 is 2.71 bits per heavy atom. The van der Waals surface area contributed by atoms with E-state index in [2.05, 4.69) is 18.3 Å². The molecule has 0 spiro atoms. The van der Waals surface area contributed by atoms with Gasteiger partial charge in [0.15, 0.2) is 11.5 Å². The molecule has 3 rings (SSSR count). The molecule has 0 aliphatic carbocycles. The van der Waals surface area contributed by atoms with Crippen molar-refractivity contribution in [2.75, 3.05) is 19.8 Å². The van der Waals surface area contributed by atoms with Crippen LogP contribution in [0.4, 0.5) is 0 Å². The molecule has 0 saturated carbocycles. The fraction of sp³-hybridized carbons (Fsp3) is 0.375. The highest BCUT2D eigenvalue weighted by molar-refractivity contribution is 7.98. The highest BCUT2D eigenvalue weighted by Crippen LogP contribution is 2.35. The average Bonchev–Trinajstić information content (AvgIpc) is 2.98. The molecular formula is C16H19NO3S. The molecule has 0 saturated heterocycles. The monoisotopic (exact) mass is 305 g/mol. The molecule has 1 aliphatic heterocycles. The van der Waals surface area contributed by atoms with Crippen LogP contribution in [0.15, 0.2) is 39.6 Å². The van der Waals surface area contributed by atoms with Gasteiger partial charge < -0.3 is 19.2 Å². The van der Waals surface area contributed by atoms with Gasteiger partial charge in [-0.15, -0.1) is 11.8 Å². The van der Waals surface area contributed by atoms with Crippen LogP contribution < -0.4 is 14.8 Å². The summed E-state index contributed by atoms with van der Waals surface area (Å²) in [6.07, 6.45) is 0. The quantitative estimate of drug-likeness (QED) is 0.828. The summed E-state index contributed by atoms with van der Waals surface area (Å²) in [6.45, 7) is 5.06. The fourth-order valence-corrected chi connectivity index (χ4v) is 2.93. The van der Waals surface area contributed by atoms with Crippen LogP contribution in [0.3, 0.4) is 0 Å². The average molecular weight is 305 g/mol. The van der Waals surface area contributed by atoms with E-state index < -0.39 is 0 Å². The maximum absolute atomic E-state index is 5.78. The van der Waals surface area contributed by atoms with E-state index in [9.17, 15) is 0 Å². The van der Waals surface area contributed by atoms with Crippen molar-refractivity contribution in [3.8, 4) is 11.5 Å². The van der Waals surface area contributed by atoms with E-state index >= 15 is 0 Å². The Morgan fingerprint density at radius 1 is 1.05 bits per heavy atom. The number of furan rings is 1. The van der Waals surface area contributed by atoms with E-state index in [4.69, 9.17) is 13.9 Å². The van der Waals surface area contributed by atoms with Gasteiger partial charge >= 0.3 is 0 Å². The van der Waals surface area contributed by atoms with E-state index in [0.29, 0.717) is 13.2 Å². The molecule has 0 atom stereocenters. The zero-order chi connectivity index (χ0) is 14.5. The lowest BCUT2D eigenvalue weighted by molar-refractivity contribution is 0.171. The third kappa shape index (κ3) is 3.74. The van der Waals surface area contributed by atoms with Crippen molar-refractivity contribution in [2.24, 2.45) is 0 Å². The van der Waals surface area contributed by atoms with Crippen LogP contribution in [0.1, 0.15) is 18.4 Å². The Bertz CT molecular complexity index is 597. The molecule has 0 amide bonds. The van der Waals surface area contributed by atoms with Gasteiger partial charge in [0, 0.05) is 4.90 Å². The van der Waals surface area contributed by atoms with Gasteiger partial charge in [0.1, 0.15) is 24.7 Å². The summed E-state index contributed by atoms with van der Waals surface area (Å²) in [5.74, 6) is 4.44. The van der Waals surface area contributed by atoms with Crippen LogP contribution >= 0.6 is 11.8 Å². The SMILES string of the molecule is CCNCc1ccc(CSc2ccc3c(c2)OCCO3)o1. The number of ether oxygens (including phenoxy) is 2. The van der Waals surface area contributed by atoms with Gasteiger partial charge in [-0.25, -0.2) is 0 Å². The topological polar surface area (TPSA) is 43.6 Å². The largest absolute Gasteiger partial charge is 0.486 e. The van der Waals surface area contributed by atoms with Crippen LogP contribution in [0.25, 0.3) is 0 Å². The van der Waals surface area contributed by atoms with Crippen molar-refractivity contribution in [3.63, 3.8) is 0 Å². The lowest BCUT2D eigenvalue weighted by Crippen LogP contribution is -2.15. The number of nitrogens with one attached hydrogen (secondary N) is 1. The number of rotatable bonds is 6. The van der Waals surface area contributed by atoms with Crippen molar-refractivity contribution in [3.05, 3.63) is 41.9 Å². The molecule has 21 heavy (non-hydrogen) atoms. The first-order valence-corrected chi connectivity index (χ1v) is 8.14. The first kappa shape index (κ1) is 14.4. The molecule has 0 bridgehead atoms. The van der Waals surface area contributed by atoms with Crippen LogP contribution in [0.5, 0.6) is 11.5 Å². The smallest absolute Gasteiger partial charge is 0.162 e. The van der Waals surface area contributed by atoms with E-state index in [1.54, 1.807) is 11.8 Å². The first-order valence-electron chi connectivity index (χ1n) is 7.16. The van der Waals surface area contributed by atoms with Gasteiger partial charge in [-0.05, 0) is 36.9 Å². The van der Waals surface area contributed by atoms with E-state index in [0.717, 1.165) is 46.8 Å². The Balaban J connectivity index is 1.58. The molecule has 0 fully saturated rings. The van der Waals surface area contributed by atoms with Crippen molar-refractivity contribution < 1.29 is 13.9 Å². The van der Waals surface area contributed by atoms with Crippen LogP contribution in [0, 0.1) is 0 Å². The number of fused-ring (bicyclic) bond motifs is 1. The molecule has 5 heteroatoms. The van der Waals surface area contributed by atoms with Crippen molar-refractivity contribution >= 4 is 11.8 Å².